The van der Waals surface area contributed by atoms with Crippen LogP contribution < -0.4 is 0 Å². The van der Waals surface area contributed by atoms with E-state index >= 15 is 0 Å². The van der Waals surface area contributed by atoms with Gasteiger partial charge in [0.15, 0.2) is 0 Å². The molecule has 0 saturated heterocycles. The predicted octanol–water partition coefficient (Wildman–Crippen LogP) is 3.91. The molecule has 6 heteroatoms. The van der Waals surface area contributed by atoms with Crippen LogP contribution in [0.4, 0.5) is 13.2 Å². The van der Waals surface area contributed by atoms with Gasteiger partial charge in [-0.1, -0.05) is 32.4 Å². The van der Waals surface area contributed by atoms with Crippen molar-refractivity contribution < 1.29 is 18.0 Å². The number of aromatic nitrogens is 1. The van der Waals surface area contributed by atoms with Crippen molar-refractivity contribution in [2.45, 2.75) is 33.4 Å². The average molecular weight is 280 g/mol. The van der Waals surface area contributed by atoms with E-state index in [1.165, 1.54) is 0 Å². The van der Waals surface area contributed by atoms with Gasteiger partial charge in [-0.25, -0.2) is 0 Å². The lowest BCUT2D eigenvalue weighted by Gasteiger charge is -2.16. The van der Waals surface area contributed by atoms with Crippen molar-refractivity contribution in [3.8, 4) is 0 Å². The number of halogens is 4. The third-order valence-corrected chi connectivity index (χ3v) is 2.74. The lowest BCUT2D eigenvalue weighted by atomic mass is 9.88. The molecule has 0 aliphatic carbocycles. The Morgan fingerprint density at radius 3 is 2.28 bits per heavy atom. The molecule has 0 unspecified atom stereocenters. The summed E-state index contributed by atoms with van der Waals surface area (Å²) in [5.74, 6) is -0.128. The van der Waals surface area contributed by atoms with Crippen LogP contribution in [0, 0.1) is 5.41 Å². The highest BCUT2D eigenvalue weighted by molar-refractivity contribution is 6.31. The molecular weight excluding hydrogens is 267 g/mol. The Balaban J connectivity index is 2.98. The maximum Gasteiger partial charge on any atom is 0.417 e. The molecule has 0 N–H and O–H groups in total. The standard InChI is InChI=1S/C12H13ClF3NO/c1-11(2,3)10(18)5-9-8(13)4-7(6-17-9)12(14,15)16/h4,6H,5H2,1-3H3. The van der Waals surface area contributed by atoms with E-state index in [1.54, 1.807) is 20.8 Å². The Morgan fingerprint density at radius 2 is 1.89 bits per heavy atom. The zero-order valence-corrected chi connectivity index (χ0v) is 11.0. The highest BCUT2D eigenvalue weighted by atomic mass is 35.5. The molecule has 1 aromatic rings. The maximum absolute atomic E-state index is 12.4. The van der Waals surface area contributed by atoms with Crippen LogP contribution >= 0.6 is 11.6 Å². The Bertz CT molecular complexity index is 463. The van der Waals surface area contributed by atoms with Crippen molar-refractivity contribution in [3.63, 3.8) is 0 Å². The molecule has 1 aromatic heterocycles. The second-order valence-electron chi connectivity index (χ2n) is 5.00. The Morgan fingerprint density at radius 1 is 1.33 bits per heavy atom. The van der Waals surface area contributed by atoms with E-state index in [0.717, 1.165) is 6.07 Å². The number of alkyl halides is 3. The van der Waals surface area contributed by atoms with E-state index in [9.17, 15) is 18.0 Å². The first-order valence-corrected chi connectivity index (χ1v) is 5.64. The number of hydrogen-bond donors (Lipinski definition) is 0. The molecule has 0 fully saturated rings. The van der Waals surface area contributed by atoms with Crippen LogP contribution in [0.15, 0.2) is 12.3 Å². The fourth-order valence-electron chi connectivity index (χ4n) is 1.17. The number of nitrogens with zero attached hydrogens (tertiary/aromatic N) is 1. The van der Waals surface area contributed by atoms with Crippen molar-refractivity contribution in [2.75, 3.05) is 0 Å². The molecule has 0 aromatic carbocycles. The van der Waals surface area contributed by atoms with Crippen molar-refractivity contribution in [2.24, 2.45) is 5.41 Å². The van der Waals surface area contributed by atoms with Crippen molar-refractivity contribution in [3.05, 3.63) is 28.5 Å². The van der Waals surface area contributed by atoms with E-state index in [2.05, 4.69) is 4.98 Å². The van der Waals surface area contributed by atoms with Crippen molar-refractivity contribution >= 4 is 17.4 Å². The van der Waals surface area contributed by atoms with Gasteiger partial charge in [0.2, 0.25) is 0 Å². The summed E-state index contributed by atoms with van der Waals surface area (Å²) in [6.07, 6.45) is -3.86. The van der Waals surface area contributed by atoms with E-state index < -0.39 is 17.2 Å². The van der Waals surface area contributed by atoms with Crippen LogP contribution in [0.25, 0.3) is 0 Å². The highest BCUT2D eigenvalue weighted by Crippen LogP contribution is 2.31. The SMILES string of the molecule is CC(C)(C)C(=O)Cc1ncc(C(F)(F)F)cc1Cl. The molecule has 0 saturated carbocycles. The number of hydrogen-bond acceptors (Lipinski definition) is 2. The predicted molar refractivity (Wildman–Crippen MR) is 62.4 cm³/mol. The summed E-state index contributed by atoms with van der Waals surface area (Å²) in [4.78, 5) is 15.4. The number of pyridine rings is 1. The van der Waals surface area contributed by atoms with E-state index in [1.807, 2.05) is 0 Å². The van der Waals surface area contributed by atoms with Gasteiger partial charge in [-0.05, 0) is 6.07 Å². The van der Waals surface area contributed by atoms with E-state index in [-0.39, 0.29) is 22.9 Å². The first-order chi connectivity index (χ1) is 8.01. The first kappa shape index (κ1) is 15.0. The first-order valence-electron chi connectivity index (χ1n) is 5.26. The number of carbonyl (C=O) groups excluding carboxylic acids is 1. The molecule has 0 amide bonds. The van der Waals surface area contributed by atoms with Crippen LogP contribution in [-0.2, 0) is 17.4 Å². The van der Waals surface area contributed by atoms with Gasteiger partial charge in [0.05, 0.1) is 22.7 Å². The molecular formula is C12H13ClF3NO. The molecule has 18 heavy (non-hydrogen) atoms. The second-order valence-corrected chi connectivity index (χ2v) is 5.41. The monoisotopic (exact) mass is 279 g/mol. The third kappa shape index (κ3) is 3.70. The largest absolute Gasteiger partial charge is 0.417 e. The van der Waals surface area contributed by atoms with Gasteiger partial charge in [0.25, 0.3) is 0 Å². The van der Waals surface area contributed by atoms with E-state index in [0.29, 0.717) is 6.20 Å². The zero-order chi connectivity index (χ0) is 14.1. The minimum atomic E-state index is -4.48. The summed E-state index contributed by atoms with van der Waals surface area (Å²) in [7, 11) is 0. The van der Waals surface area contributed by atoms with Gasteiger partial charge in [-0.3, -0.25) is 9.78 Å². The number of carbonyl (C=O) groups is 1. The van der Waals surface area contributed by atoms with Gasteiger partial charge >= 0.3 is 6.18 Å². The highest BCUT2D eigenvalue weighted by Gasteiger charge is 2.32. The molecule has 1 rings (SSSR count). The van der Waals surface area contributed by atoms with Crippen LogP contribution in [0.1, 0.15) is 32.0 Å². The quantitative estimate of drug-likeness (QED) is 0.821. The lowest BCUT2D eigenvalue weighted by Crippen LogP contribution is -2.22. The number of ketones is 1. The molecule has 0 aliphatic heterocycles. The summed E-state index contributed by atoms with van der Waals surface area (Å²) in [6, 6.07) is 0.791. The normalized spacial score (nSPS) is 12.6. The zero-order valence-electron chi connectivity index (χ0n) is 10.2. The summed E-state index contributed by atoms with van der Waals surface area (Å²) in [5, 5.41) is -0.137. The topological polar surface area (TPSA) is 30.0 Å². The van der Waals surface area contributed by atoms with Gasteiger partial charge in [-0.15, -0.1) is 0 Å². The van der Waals surface area contributed by atoms with Crippen LogP contribution in [0.3, 0.4) is 0 Å². The third-order valence-electron chi connectivity index (χ3n) is 2.41. The Kier molecular flexibility index (Phi) is 4.05. The van der Waals surface area contributed by atoms with Crippen LogP contribution in [0.5, 0.6) is 0 Å². The van der Waals surface area contributed by atoms with Crippen LogP contribution in [0.2, 0.25) is 5.02 Å². The van der Waals surface area contributed by atoms with Crippen molar-refractivity contribution in [1.29, 1.82) is 0 Å². The Hall–Kier alpha value is -1.10. The fraction of sp³-hybridized carbons (Fsp3) is 0.500. The minimum Gasteiger partial charge on any atom is -0.299 e. The Labute approximate surface area is 108 Å². The van der Waals surface area contributed by atoms with Gasteiger partial charge in [-0.2, -0.15) is 13.2 Å². The average Bonchev–Trinajstić information content (AvgIpc) is 2.17. The molecule has 0 aliphatic rings. The second kappa shape index (κ2) is 4.88. The molecule has 0 atom stereocenters. The molecule has 0 bridgehead atoms. The van der Waals surface area contributed by atoms with Crippen molar-refractivity contribution in [1.82, 2.24) is 4.98 Å². The molecule has 0 spiro atoms. The summed E-state index contributed by atoms with van der Waals surface area (Å²) >= 11 is 5.71. The maximum atomic E-state index is 12.4. The van der Waals surface area contributed by atoms with E-state index in [4.69, 9.17) is 11.6 Å². The summed E-state index contributed by atoms with van der Waals surface area (Å²) < 4.78 is 37.2. The molecule has 100 valence electrons. The van der Waals surface area contributed by atoms with Gasteiger partial charge in [0, 0.05) is 11.6 Å². The van der Waals surface area contributed by atoms with Crippen LogP contribution in [-0.4, -0.2) is 10.8 Å². The molecule has 0 radical (unpaired) electrons. The molecule has 1 heterocycles. The molecule has 2 nitrogen and oxygen atoms in total. The van der Waals surface area contributed by atoms with Gasteiger partial charge < -0.3 is 0 Å². The minimum absolute atomic E-state index is 0.0690. The summed E-state index contributed by atoms with van der Waals surface area (Å²) in [6.45, 7) is 5.19. The smallest absolute Gasteiger partial charge is 0.299 e. The van der Waals surface area contributed by atoms with Gasteiger partial charge in [0.1, 0.15) is 5.78 Å². The fourth-order valence-corrected chi connectivity index (χ4v) is 1.40. The number of rotatable bonds is 2. The lowest BCUT2D eigenvalue weighted by molar-refractivity contribution is -0.137. The summed E-state index contributed by atoms with van der Waals surface area (Å²) in [5.41, 5.74) is -1.32. The number of Topliss-reactive ketones (excluding diaryl/α,β-unsaturated/α-hetero) is 1.